The molecule has 0 spiro atoms. The van der Waals surface area contributed by atoms with E-state index >= 15 is 0 Å². The second-order valence-electron chi connectivity index (χ2n) is 4.19. The highest BCUT2D eigenvalue weighted by Gasteiger charge is 2.27. The van der Waals surface area contributed by atoms with Gasteiger partial charge in [-0.3, -0.25) is 0 Å². The summed E-state index contributed by atoms with van der Waals surface area (Å²) in [5.41, 5.74) is 1.96. The van der Waals surface area contributed by atoms with E-state index in [1.165, 1.54) is 0 Å². The molecule has 0 saturated heterocycles. The Bertz CT molecular complexity index is 361. The number of benzene rings is 1. The van der Waals surface area contributed by atoms with Gasteiger partial charge in [0.25, 0.3) is 0 Å². The topological polar surface area (TPSA) is 0 Å². The molecular formula is C12H13F. The molecule has 1 heteroatoms. The maximum Gasteiger partial charge on any atom is 0.126 e. The first-order chi connectivity index (χ1) is 6.11. The van der Waals surface area contributed by atoms with Crippen LogP contribution in [0.2, 0.25) is 0 Å². The van der Waals surface area contributed by atoms with E-state index in [-0.39, 0.29) is 11.2 Å². The Labute approximate surface area is 78.1 Å². The maximum absolute atomic E-state index is 13.4. The molecule has 1 aliphatic rings. The van der Waals surface area contributed by atoms with Crippen LogP contribution < -0.4 is 0 Å². The third-order valence-electron chi connectivity index (χ3n) is 2.71. The monoisotopic (exact) mass is 176 g/mol. The minimum atomic E-state index is -0.0741. The van der Waals surface area contributed by atoms with Crippen molar-refractivity contribution >= 4 is 5.83 Å². The van der Waals surface area contributed by atoms with Crippen LogP contribution in [0.4, 0.5) is 4.39 Å². The number of rotatable bonds is 0. The Balaban J connectivity index is 2.64. The van der Waals surface area contributed by atoms with E-state index in [4.69, 9.17) is 0 Å². The van der Waals surface area contributed by atoms with Gasteiger partial charge in [-0.25, -0.2) is 4.39 Å². The Kier molecular flexibility index (Phi) is 1.76. The highest BCUT2D eigenvalue weighted by atomic mass is 19.1. The van der Waals surface area contributed by atoms with Crippen molar-refractivity contribution in [3.8, 4) is 0 Å². The van der Waals surface area contributed by atoms with Crippen molar-refractivity contribution in [2.75, 3.05) is 0 Å². The molecule has 0 atom stereocenters. The van der Waals surface area contributed by atoms with E-state index in [2.05, 4.69) is 13.8 Å². The number of allylic oxidation sites excluding steroid dienone is 1. The van der Waals surface area contributed by atoms with Crippen molar-refractivity contribution < 1.29 is 4.39 Å². The average molecular weight is 176 g/mol. The van der Waals surface area contributed by atoms with E-state index in [1.54, 1.807) is 6.08 Å². The van der Waals surface area contributed by atoms with Crippen molar-refractivity contribution in [1.82, 2.24) is 0 Å². The predicted octanol–water partition coefficient (Wildman–Crippen LogP) is 3.68. The van der Waals surface area contributed by atoms with E-state index in [9.17, 15) is 4.39 Å². The third kappa shape index (κ3) is 1.28. The first kappa shape index (κ1) is 8.49. The fourth-order valence-electron chi connectivity index (χ4n) is 1.85. The Morgan fingerprint density at radius 2 is 1.92 bits per heavy atom. The van der Waals surface area contributed by atoms with E-state index in [0.29, 0.717) is 0 Å². The normalized spacial score (nSPS) is 19.2. The first-order valence-corrected chi connectivity index (χ1v) is 4.57. The van der Waals surface area contributed by atoms with E-state index in [0.717, 1.165) is 17.5 Å². The molecule has 0 unspecified atom stereocenters. The Hall–Kier alpha value is -1.11. The van der Waals surface area contributed by atoms with Crippen LogP contribution >= 0.6 is 0 Å². The fourth-order valence-corrected chi connectivity index (χ4v) is 1.85. The van der Waals surface area contributed by atoms with Crippen LogP contribution in [0, 0.1) is 0 Å². The zero-order valence-electron chi connectivity index (χ0n) is 7.97. The van der Waals surface area contributed by atoms with Gasteiger partial charge in [-0.2, -0.15) is 0 Å². The SMILES string of the molecule is CC1(C)CC=C(F)c2ccccc21. The first-order valence-electron chi connectivity index (χ1n) is 4.57. The molecular weight excluding hydrogens is 163 g/mol. The van der Waals surface area contributed by atoms with Crippen molar-refractivity contribution in [2.45, 2.75) is 25.7 Å². The van der Waals surface area contributed by atoms with Crippen LogP contribution in [0.5, 0.6) is 0 Å². The van der Waals surface area contributed by atoms with Crippen molar-refractivity contribution in [2.24, 2.45) is 0 Å². The molecule has 0 heterocycles. The van der Waals surface area contributed by atoms with Crippen molar-refractivity contribution in [3.63, 3.8) is 0 Å². The molecule has 0 aliphatic heterocycles. The lowest BCUT2D eigenvalue weighted by Gasteiger charge is -2.29. The zero-order valence-corrected chi connectivity index (χ0v) is 7.97. The summed E-state index contributed by atoms with van der Waals surface area (Å²) in [6, 6.07) is 7.72. The average Bonchev–Trinajstić information content (AvgIpc) is 2.13. The van der Waals surface area contributed by atoms with Crippen LogP contribution in [-0.2, 0) is 5.41 Å². The minimum Gasteiger partial charge on any atom is -0.207 e. The summed E-state index contributed by atoms with van der Waals surface area (Å²) >= 11 is 0. The highest BCUT2D eigenvalue weighted by molar-refractivity contribution is 5.66. The van der Waals surface area contributed by atoms with E-state index in [1.807, 2.05) is 24.3 Å². The summed E-state index contributed by atoms with van der Waals surface area (Å²) in [6.07, 6.45) is 2.47. The molecule has 0 amide bonds. The molecule has 0 nitrogen and oxygen atoms in total. The summed E-state index contributed by atoms with van der Waals surface area (Å²) < 4.78 is 13.4. The quantitative estimate of drug-likeness (QED) is 0.565. The zero-order chi connectivity index (χ0) is 9.47. The Morgan fingerprint density at radius 1 is 1.23 bits per heavy atom. The van der Waals surface area contributed by atoms with Gasteiger partial charge in [0.1, 0.15) is 5.83 Å². The van der Waals surface area contributed by atoms with Crippen molar-refractivity contribution in [3.05, 3.63) is 41.5 Å². The van der Waals surface area contributed by atoms with Crippen LogP contribution in [0.25, 0.3) is 5.83 Å². The Morgan fingerprint density at radius 3 is 2.62 bits per heavy atom. The van der Waals surface area contributed by atoms with Gasteiger partial charge in [0.05, 0.1) is 0 Å². The molecule has 1 aliphatic carbocycles. The fraction of sp³-hybridized carbons (Fsp3) is 0.333. The van der Waals surface area contributed by atoms with Crippen LogP contribution in [0.15, 0.2) is 30.3 Å². The molecule has 68 valence electrons. The van der Waals surface area contributed by atoms with Crippen LogP contribution in [0.1, 0.15) is 31.4 Å². The van der Waals surface area contributed by atoms with Crippen LogP contribution in [-0.4, -0.2) is 0 Å². The number of fused-ring (bicyclic) bond motifs is 1. The lowest BCUT2D eigenvalue weighted by atomic mass is 9.75. The molecule has 0 saturated carbocycles. The summed E-state index contributed by atoms with van der Waals surface area (Å²) in [5.74, 6) is -0.0741. The summed E-state index contributed by atoms with van der Waals surface area (Å²) in [4.78, 5) is 0. The lowest BCUT2D eigenvalue weighted by Crippen LogP contribution is -2.20. The molecule has 1 aromatic rings. The molecule has 0 N–H and O–H groups in total. The molecule has 0 aromatic heterocycles. The number of hydrogen-bond acceptors (Lipinski definition) is 0. The maximum atomic E-state index is 13.4. The van der Waals surface area contributed by atoms with E-state index < -0.39 is 0 Å². The second-order valence-corrected chi connectivity index (χ2v) is 4.19. The smallest absolute Gasteiger partial charge is 0.126 e. The standard InChI is InChI=1S/C12H13F/c1-12(2)8-7-11(13)9-5-3-4-6-10(9)12/h3-7H,8H2,1-2H3. The van der Waals surface area contributed by atoms with Gasteiger partial charge in [0.15, 0.2) is 0 Å². The summed E-state index contributed by atoms with van der Waals surface area (Å²) in [7, 11) is 0. The van der Waals surface area contributed by atoms with Gasteiger partial charge >= 0.3 is 0 Å². The largest absolute Gasteiger partial charge is 0.207 e. The molecule has 0 bridgehead atoms. The van der Waals surface area contributed by atoms with Gasteiger partial charge in [-0.05, 0) is 23.5 Å². The molecule has 0 radical (unpaired) electrons. The lowest BCUT2D eigenvalue weighted by molar-refractivity contribution is 0.517. The number of halogens is 1. The predicted molar refractivity (Wildman–Crippen MR) is 53.2 cm³/mol. The minimum absolute atomic E-state index is 0.0741. The molecule has 2 rings (SSSR count). The van der Waals surface area contributed by atoms with Crippen LogP contribution in [0.3, 0.4) is 0 Å². The van der Waals surface area contributed by atoms with Gasteiger partial charge in [0, 0.05) is 5.56 Å². The number of hydrogen-bond donors (Lipinski definition) is 0. The van der Waals surface area contributed by atoms with Gasteiger partial charge in [-0.15, -0.1) is 0 Å². The highest BCUT2D eigenvalue weighted by Crippen LogP contribution is 2.38. The molecule has 13 heavy (non-hydrogen) atoms. The molecule has 1 aromatic carbocycles. The van der Waals surface area contributed by atoms with Gasteiger partial charge in [-0.1, -0.05) is 38.1 Å². The van der Waals surface area contributed by atoms with Gasteiger partial charge < -0.3 is 0 Å². The summed E-state index contributed by atoms with van der Waals surface area (Å²) in [6.45, 7) is 4.30. The second kappa shape index (κ2) is 2.69. The molecule has 0 fully saturated rings. The summed E-state index contributed by atoms with van der Waals surface area (Å²) in [5, 5.41) is 0. The van der Waals surface area contributed by atoms with Gasteiger partial charge in [0.2, 0.25) is 0 Å². The third-order valence-corrected chi connectivity index (χ3v) is 2.71. The van der Waals surface area contributed by atoms with Crippen molar-refractivity contribution in [1.29, 1.82) is 0 Å².